The van der Waals surface area contributed by atoms with Crippen LogP contribution in [0.25, 0.3) is 6.08 Å². The van der Waals surface area contributed by atoms with E-state index in [-0.39, 0.29) is 22.1 Å². The molecule has 0 fully saturated rings. The molecule has 4 N–H and O–H groups in total. The highest BCUT2D eigenvalue weighted by Crippen LogP contribution is 2.45. The predicted molar refractivity (Wildman–Crippen MR) is 216 cm³/mol. The van der Waals surface area contributed by atoms with Crippen molar-refractivity contribution in [3.8, 4) is 17.2 Å². The fraction of sp³-hybridized carbons (Fsp3) is 0.565. The van der Waals surface area contributed by atoms with E-state index in [1.807, 2.05) is 24.3 Å². The molecule has 6 heteroatoms. The SMILES string of the molecule is CCCCCCCCOc1ccc(C(C)(C)C)cc1C(O)(c1cc(C(C)(C)C)ccc1OCCCCCCCC)C(N)C=Cc1cc(F)ccc1O. The highest BCUT2D eigenvalue weighted by atomic mass is 19.1. The van der Waals surface area contributed by atoms with Crippen molar-refractivity contribution in [3.63, 3.8) is 0 Å². The summed E-state index contributed by atoms with van der Waals surface area (Å²) in [7, 11) is 0. The lowest BCUT2D eigenvalue weighted by Gasteiger charge is -2.38. The van der Waals surface area contributed by atoms with E-state index in [0.29, 0.717) is 35.8 Å². The number of rotatable bonds is 21. The number of unbranched alkanes of at least 4 members (excludes halogenated alkanes) is 10. The van der Waals surface area contributed by atoms with E-state index >= 15 is 0 Å². The van der Waals surface area contributed by atoms with Crippen LogP contribution in [0.15, 0.2) is 60.7 Å². The van der Waals surface area contributed by atoms with Crippen LogP contribution in [-0.2, 0) is 16.4 Å². The minimum Gasteiger partial charge on any atom is -0.507 e. The molecule has 52 heavy (non-hydrogen) atoms. The smallest absolute Gasteiger partial charge is 0.140 e. The van der Waals surface area contributed by atoms with Crippen LogP contribution < -0.4 is 15.2 Å². The summed E-state index contributed by atoms with van der Waals surface area (Å²) in [6, 6.07) is 14.8. The molecule has 0 aliphatic carbocycles. The second-order valence-electron chi connectivity index (χ2n) is 16.5. The Labute approximate surface area is 314 Å². The van der Waals surface area contributed by atoms with Crippen LogP contribution in [0.4, 0.5) is 4.39 Å². The van der Waals surface area contributed by atoms with E-state index in [1.54, 1.807) is 12.2 Å². The summed E-state index contributed by atoms with van der Waals surface area (Å²) in [5.74, 6) is 0.561. The average molecular weight is 718 g/mol. The molecular formula is C46H68FNO4. The van der Waals surface area contributed by atoms with Crippen molar-refractivity contribution in [2.24, 2.45) is 5.73 Å². The summed E-state index contributed by atoms with van der Waals surface area (Å²) in [6.45, 7) is 18.3. The van der Waals surface area contributed by atoms with Crippen LogP contribution in [0.2, 0.25) is 0 Å². The standard InChI is InChI=1S/C46H68FNO4/c1-9-11-13-15-17-19-29-51-41-26-22-35(44(3,4)5)32-38(41)46(50,43(48)28-21-34-31-37(47)24-25-40(34)49)39-33-36(45(6,7)8)23-27-42(39)52-30-20-18-16-14-12-10-2/h21-28,31-33,43,49-50H,9-20,29-30,48H2,1-8H3. The van der Waals surface area contributed by atoms with E-state index in [1.165, 1.54) is 69.6 Å². The molecule has 0 saturated heterocycles. The summed E-state index contributed by atoms with van der Waals surface area (Å²) in [5, 5.41) is 24.0. The van der Waals surface area contributed by atoms with Gasteiger partial charge in [0.25, 0.3) is 0 Å². The molecule has 0 radical (unpaired) electrons. The number of nitrogens with two attached hydrogens (primary N) is 1. The van der Waals surface area contributed by atoms with E-state index in [2.05, 4.69) is 67.5 Å². The zero-order valence-corrected chi connectivity index (χ0v) is 33.5. The summed E-state index contributed by atoms with van der Waals surface area (Å²) in [5.41, 5.74) is 8.23. The van der Waals surface area contributed by atoms with Gasteiger partial charge in [-0.05, 0) is 77.3 Å². The van der Waals surface area contributed by atoms with Gasteiger partial charge in [-0.3, -0.25) is 0 Å². The third-order valence-electron chi connectivity index (χ3n) is 9.98. The normalized spacial score (nSPS) is 13.1. The Morgan fingerprint density at radius 3 is 1.54 bits per heavy atom. The maximum atomic E-state index is 14.3. The molecule has 1 unspecified atom stereocenters. The Hall–Kier alpha value is -3.35. The van der Waals surface area contributed by atoms with Gasteiger partial charge in [-0.2, -0.15) is 0 Å². The number of benzene rings is 3. The maximum absolute atomic E-state index is 14.3. The van der Waals surface area contributed by atoms with Crippen molar-refractivity contribution >= 4 is 6.08 Å². The van der Waals surface area contributed by atoms with Gasteiger partial charge < -0.3 is 25.4 Å². The number of aliphatic hydroxyl groups is 1. The zero-order chi connectivity index (χ0) is 38.4. The van der Waals surface area contributed by atoms with Gasteiger partial charge in [0.2, 0.25) is 0 Å². The summed E-state index contributed by atoms with van der Waals surface area (Å²) >= 11 is 0. The maximum Gasteiger partial charge on any atom is 0.140 e. The molecule has 0 aromatic heterocycles. The van der Waals surface area contributed by atoms with Crippen molar-refractivity contribution in [1.82, 2.24) is 0 Å². The molecule has 0 heterocycles. The van der Waals surface area contributed by atoms with Gasteiger partial charge in [0, 0.05) is 16.7 Å². The van der Waals surface area contributed by atoms with Crippen LogP contribution in [0, 0.1) is 5.82 Å². The minimum atomic E-state index is -1.84. The Balaban J connectivity index is 2.22. The molecule has 0 spiro atoms. The molecular weight excluding hydrogens is 650 g/mol. The number of halogens is 1. The number of hydrogen-bond donors (Lipinski definition) is 3. The number of phenols is 1. The van der Waals surface area contributed by atoms with Gasteiger partial charge in [-0.25, -0.2) is 4.39 Å². The van der Waals surface area contributed by atoms with E-state index < -0.39 is 17.5 Å². The Morgan fingerprint density at radius 2 is 1.10 bits per heavy atom. The third-order valence-corrected chi connectivity index (χ3v) is 9.98. The minimum absolute atomic E-state index is 0.0798. The first-order chi connectivity index (χ1) is 24.6. The van der Waals surface area contributed by atoms with Crippen molar-refractivity contribution in [3.05, 3.63) is 94.3 Å². The third kappa shape index (κ3) is 12.4. The van der Waals surface area contributed by atoms with Crippen LogP contribution in [-0.4, -0.2) is 29.5 Å². The monoisotopic (exact) mass is 718 g/mol. The van der Waals surface area contributed by atoms with E-state index in [4.69, 9.17) is 15.2 Å². The van der Waals surface area contributed by atoms with Crippen LogP contribution >= 0.6 is 0 Å². The molecule has 3 rings (SSSR count). The first kappa shape index (κ1) is 43.1. The topological polar surface area (TPSA) is 84.9 Å². The summed E-state index contributed by atoms with van der Waals surface area (Å²) in [4.78, 5) is 0. The molecule has 5 nitrogen and oxygen atoms in total. The molecule has 1 atom stereocenters. The van der Waals surface area contributed by atoms with Gasteiger partial charge in [-0.1, -0.05) is 144 Å². The molecule has 0 amide bonds. The molecule has 3 aromatic rings. The molecule has 0 aliphatic heterocycles. The number of aromatic hydroxyl groups is 1. The Bertz CT molecular complexity index is 1470. The number of hydrogen-bond acceptors (Lipinski definition) is 5. The first-order valence-electron chi connectivity index (χ1n) is 19.8. The molecule has 0 bridgehead atoms. The predicted octanol–water partition coefficient (Wildman–Crippen LogP) is 11.9. The van der Waals surface area contributed by atoms with Gasteiger partial charge in [0.05, 0.1) is 19.3 Å². The highest BCUT2D eigenvalue weighted by molar-refractivity contribution is 5.60. The van der Waals surface area contributed by atoms with Gasteiger partial charge in [0.1, 0.15) is 28.7 Å². The summed E-state index contributed by atoms with van der Waals surface area (Å²) < 4.78 is 27.3. The molecule has 3 aromatic carbocycles. The first-order valence-corrected chi connectivity index (χ1v) is 19.8. The quantitative estimate of drug-likeness (QED) is 0.0955. The molecule has 288 valence electrons. The Morgan fingerprint density at radius 1 is 0.654 bits per heavy atom. The molecule has 0 aliphatic rings. The lowest BCUT2D eigenvalue weighted by Crippen LogP contribution is -2.46. The Kier molecular flexibility index (Phi) is 16.7. The van der Waals surface area contributed by atoms with Gasteiger partial charge >= 0.3 is 0 Å². The van der Waals surface area contributed by atoms with Crippen LogP contribution in [0.5, 0.6) is 17.2 Å². The van der Waals surface area contributed by atoms with Crippen LogP contribution in [0.3, 0.4) is 0 Å². The van der Waals surface area contributed by atoms with Crippen LogP contribution in [0.1, 0.15) is 160 Å². The van der Waals surface area contributed by atoms with Crippen molar-refractivity contribution in [1.29, 1.82) is 0 Å². The highest BCUT2D eigenvalue weighted by Gasteiger charge is 2.43. The van der Waals surface area contributed by atoms with E-state index in [0.717, 1.165) is 36.8 Å². The second-order valence-corrected chi connectivity index (χ2v) is 16.5. The second kappa shape index (κ2) is 20.2. The number of ether oxygens (including phenoxy) is 2. The van der Waals surface area contributed by atoms with Gasteiger partial charge in [0.15, 0.2) is 0 Å². The zero-order valence-electron chi connectivity index (χ0n) is 33.5. The van der Waals surface area contributed by atoms with Gasteiger partial charge in [-0.15, -0.1) is 0 Å². The van der Waals surface area contributed by atoms with E-state index in [9.17, 15) is 14.6 Å². The number of phenolic OH excluding ortho intramolecular Hbond substituents is 1. The largest absolute Gasteiger partial charge is 0.507 e. The molecule has 0 saturated carbocycles. The fourth-order valence-corrected chi connectivity index (χ4v) is 6.48. The van der Waals surface area contributed by atoms with Crippen molar-refractivity contribution in [2.45, 2.75) is 155 Å². The van der Waals surface area contributed by atoms with Crippen molar-refractivity contribution < 1.29 is 24.1 Å². The lowest BCUT2D eigenvalue weighted by atomic mass is 9.74. The fourth-order valence-electron chi connectivity index (χ4n) is 6.48. The summed E-state index contributed by atoms with van der Waals surface area (Å²) in [6.07, 6.45) is 16.8. The van der Waals surface area contributed by atoms with Crippen molar-refractivity contribution in [2.75, 3.05) is 13.2 Å². The average Bonchev–Trinajstić information content (AvgIpc) is 3.10. The lowest BCUT2D eigenvalue weighted by molar-refractivity contribution is 0.0598.